The van der Waals surface area contributed by atoms with Crippen molar-refractivity contribution in [3.8, 4) is 0 Å². The Morgan fingerprint density at radius 1 is 1.03 bits per heavy atom. The zero-order valence-corrected chi connectivity index (χ0v) is 18.1. The fraction of sp³-hybridized carbons (Fsp3) is 0.364. The highest BCUT2D eigenvalue weighted by Crippen LogP contribution is 2.27. The maximum absolute atomic E-state index is 13.2. The zero-order valence-electron chi connectivity index (χ0n) is 17.3. The Kier molecular flexibility index (Phi) is 7.40. The first-order valence-corrected chi connectivity index (χ1v) is 11.6. The van der Waals surface area contributed by atoms with Gasteiger partial charge in [0, 0.05) is 24.8 Å². The van der Waals surface area contributed by atoms with Crippen LogP contribution in [0.25, 0.3) is 0 Å². The van der Waals surface area contributed by atoms with Crippen LogP contribution in [-0.2, 0) is 19.6 Å². The molecular formula is C22H26FN3O4S. The van der Waals surface area contributed by atoms with Gasteiger partial charge < -0.3 is 10.6 Å². The van der Waals surface area contributed by atoms with Gasteiger partial charge in [-0.25, -0.2) is 12.8 Å². The predicted octanol–water partition coefficient (Wildman–Crippen LogP) is 2.82. The van der Waals surface area contributed by atoms with Crippen molar-refractivity contribution in [1.82, 2.24) is 9.62 Å². The number of nitrogens with one attached hydrogen (secondary N) is 2. The van der Waals surface area contributed by atoms with Crippen LogP contribution in [0, 0.1) is 12.7 Å². The monoisotopic (exact) mass is 447 g/mol. The van der Waals surface area contributed by atoms with Crippen LogP contribution in [-0.4, -0.2) is 43.7 Å². The molecule has 1 fully saturated rings. The number of rotatable bonds is 6. The molecule has 7 nitrogen and oxygen atoms in total. The van der Waals surface area contributed by atoms with Crippen LogP contribution in [0.1, 0.15) is 31.2 Å². The minimum Gasteiger partial charge on any atom is -0.348 e. The number of piperidine rings is 1. The highest BCUT2D eigenvalue weighted by molar-refractivity contribution is 7.89. The average Bonchev–Trinajstić information content (AvgIpc) is 2.76. The lowest BCUT2D eigenvalue weighted by Crippen LogP contribution is -2.45. The van der Waals surface area contributed by atoms with E-state index >= 15 is 0 Å². The Bertz CT molecular complexity index is 1020. The number of carbonyl (C=O) groups is 2. The van der Waals surface area contributed by atoms with Crippen LogP contribution in [0.2, 0.25) is 0 Å². The second-order valence-electron chi connectivity index (χ2n) is 7.58. The SMILES string of the molecule is Cc1ccc(NC(=O)C(=O)NCC[C@H]2CCCCN2S(=O)(=O)c2ccc(F)cc2)cc1. The van der Waals surface area contributed by atoms with E-state index in [4.69, 9.17) is 0 Å². The molecule has 0 unspecified atom stereocenters. The number of hydrogen-bond donors (Lipinski definition) is 2. The summed E-state index contributed by atoms with van der Waals surface area (Å²) < 4.78 is 40.6. The molecule has 31 heavy (non-hydrogen) atoms. The normalized spacial score (nSPS) is 17.2. The topological polar surface area (TPSA) is 95.6 Å². The van der Waals surface area contributed by atoms with Crippen LogP contribution < -0.4 is 10.6 Å². The molecule has 1 aliphatic heterocycles. The summed E-state index contributed by atoms with van der Waals surface area (Å²) in [5.41, 5.74) is 1.56. The molecule has 2 amide bonds. The number of nitrogens with zero attached hydrogens (tertiary/aromatic N) is 1. The Morgan fingerprint density at radius 2 is 1.71 bits per heavy atom. The van der Waals surface area contributed by atoms with Gasteiger partial charge in [-0.3, -0.25) is 9.59 Å². The van der Waals surface area contributed by atoms with Crippen LogP contribution in [0.15, 0.2) is 53.4 Å². The minimum absolute atomic E-state index is 0.0438. The number of hydrogen-bond acceptors (Lipinski definition) is 4. The van der Waals surface area contributed by atoms with Crippen molar-refractivity contribution in [3.63, 3.8) is 0 Å². The van der Waals surface area contributed by atoms with Crippen LogP contribution >= 0.6 is 0 Å². The Morgan fingerprint density at radius 3 is 2.39 bits per heavy atom. The lowest BCUT2D eigenvalue weighted by molar-refractivity contribution is -0.136. The smallest absolute Gasteiger partial charge is 0.313 e. The van der Waals surface area contributed by atoms with E-state index < -0.39 is 27.7 Å². The van der Waals surface area contributed by atoms with Crippen LogP contribution in [0.3, 0.4) is 0 Å². The van der Waals surface area contributed by atoms with Gasteiger partial charge >= 0.3 is 11.8 Å². The second kappa shape index (κ2) is 10.0. The van der Waals surface area contributed by atoms with Gasteiger partial charge in [-0.1, -0.05) is 24.1 Å². The van der Waals surface area contributed by atoms with Crippen molar-refractivity contribution in [2.24, 2.45) is 0 Å². The van der Waals surface area contributed by atoms with E-state index in [-0.39, 0.29) is 17.5 Å². The quantitative estimate of drug-likeness (QED) is 0.666. The van der Waals surface area contributed by atoms with Crippen molar-refractivity contribution in [2.45, 2.75) is 43.5 Å². The molecule has 1 heterocycles. The molecule has 2 aromatic carbocycles. The molecule has 1 atom stereocenters. The Balaban J connectivity index is 1.56. The fourth-order valence-corrected chi connectivity index (χ4v) is 5.30. The highest BCUT2D eigenvalue weighted by Gasteiger charge is 2.33. The zero-order chi connectivity index (χ0) is 22.4. The maximum atomic E-state index is 13.2. The first-order valence-electron chi connectivity index (χ1n) is 10.2. The summed E-state index contributed by atoms with van der Waals surface area (Å²) in [7, 11) is -3.76. The first-order chi connectivity index (χ1) is 14.8. The molecule has 9 heteroatoms. The lowest BCUT2D eigenvalue weighted by Gasteiger charge is -2.34. The summed E-state index contributed by atoms with van der Waals surface area (Å²) in [6, 6.07) is 11.5. The van der Waals surface area contributed by atoms with Crippen molar-refractivity contribution in [1.29, 1.82) is 0 Å². The third kappa shape index (κ3) is 5.89. The van der Waals surface area contributed by atoms with Crippen molar-refractivity contribution >= 4 is 27.5 Å². The fourth-order valence-electron chi connectivity index (χ4n) is 3.58. The molecule has 1 saturated heterocycles. The van der Waals surface area contributed by atoms with E-state index in [1.165, 1.54) is 16.4 Å². The van der Waals surface area contributed by atoms with Crippen molar-refractivity contribution < 1.29 is 22.4 Å². The average molecular weight is 448 g/mol. The minimum atomic E-state index is -3.76. The summed E-state index contributed by atoms with van der Waals surface area (Å²) >= 11 is 0. The van der Waals surface area contributed by atoms with Gasteiger partial charge in [-0.05, 0) is 62.6 Å². The van der Waals surface area contributed by atoms with E-state index in [0.29, 0.717) is 25.1 Å². The van der Waals surface area contributed by atoms with Gasteiger partial charge in [0.25, 0.3) is 0 Å². The van der Waals surface area contributed by atoms with E-state index in [9.17, 15) is 22.4 Å². The number of sulfonamides is 1. The van der Waals surface area contributed by atoms with E-state index in [1.54, 1.807) is 12.1 Å². The second-order valence-corrected chi connectivity index (χ2v) is 9.47. The molecule has 0 bridgehead atoms. The molecule has 2 N–H and O–H groups in total. The van der Waals surface area contributed by atoms with E-state index in [2.05, 4.69) is 10.6 Å². The van der Waals surface area contributed by atoms with Crippen LogP contribution in [0.5, 0.6) is 0 Å². The van der Waals surface area contributed by atoms with Gasteiger partial charge in [0.1, 0.15) is 5.82 Å². The molecule has 166 valence electrons. The summed E-state index contributed by atoms with van der Waals surface area (Å²) in [5, 5.41) is 5.09. The van der Waals surface area contributed by atoms with E-state index in [1.807, 2.05) is 19.1 Å². The summed E-state index contributed by atoms with van der Waals surface area (Å²) in [6.45, 7) is 2.45. The molecule has 2 aromatic rings. The standard InChI is InChI=1S/C22H26FN3O4S/c1-16-5-9-18(10-6-16)25-22(28)21(27)24-14-13-19-4-2-3-15-26(19)31(29,30)20-11-7-17(23)8-12-20/h5-12,19H,2-4,13-15H2,1H3,(H,24,27)(H,25,28)/t19-/m1/s1. The largest absolute Gasteiger partial charge is 0.348 e. The molecule has 0 spiro atoms. The molecule has 0 saturated carbocycles. The van der Waals surface area contributed by atoms with Crippen molar-refractivity contribution in [2.75, 3.05) is 18.4 Å². The Hall–Kier alpha value is -2.78. The number of carbonyl (C=O) groups excluding carboxylic acids is 2. The number of benzene rings is 2. The van der Waals surface area contributed by atoms with Gasteiger partial charge in [-0.2, -0.15) is 4.31 Å². The highest BCUT2D eigenvalue weighted by atomic mass is 32.2. The summed E-state index contributed by atoms with van der Waals surface area (Å²) in [6.07, 6.45) is 2.65. The number of halogens is 1. The molecule has 0 radical (unpaired) electrons. The van der Waals surface area contributed by atoms with Crippen LogP contribution in [0.4, 0.5) is 10.1 Å². The number of aryl methyl sites for hydroxylation is 1. The third-order valence-electron chi connectivity index (χ3n) is 5.27. The predicted molar refractivity (Wildman–Crippen MR) is 115 cm³/mol. The molecule has 1 aliphatic rings. The summed E-state index contributed by atoms with van der Waals surface area (Å²) in [4.78, 5) is 24.2. The van der Waals surface area contributed by atoms with Gasteiger partial charge in [0.15, 0.2) is 0 Å². The van der Waals surface area contributed by atoms with Gasteiger partial charge in [-0.15, -0.1) is 0 Å². The summed E-state index contributed by atoms with van der Waals surface area (Å²) in [5.74, 6) is -2.05. The third-order valence-corrected chi connectivity index (χ3v) is 7.24. The molecular weight excluding hydrogens is 421 g/mol. The van der Waals surface area contributed by atoms with Gasteiger partial charge in [0.05, 0.1) is 4.90 Å². The number of anilines is 1. The Labute approximate surface area is 181 Å². The maximum Gasteiger partial charge on any atom is 0.313 e. The molecule has 0 aliphatic carbocycles. The first kappa shape index (κ1) is 22.9. The molecule has 3 rings (SSSR count). The van der Waals surface area contributed by atoms with Gasteiger partial charge in [0.2, 0.25) is 10.0 Å². The van der Waals surface area contributed by atoms with E-state index in [0.717, 1.165) is 30.5 Å². The molecule has 0 aromatic heterocycles. The lowest BCUT2D eigenvalue weighted by atomic mass is 10.0. The van der Waals surface area contributed by atoms with Crippen molar-refractivity contribution in [3.05, 3.63) is 59.9 Å². The number of amides is 2.